The largest absolute Gasteiger partial charge is 0.310 e. The highest BCUT2D eigenvalue weighted by atomic mass is 15.1. The summed E-state index contributed by atoms with van der Waals surface area (Å²) in [7, 11) is 0. The average Bonchev–Trinajstić information content (AvgIpc) is 3.06. The van der Waals surface area contributed by atoms with Crippen LogP contribution in [-0.2, 0) is 12.8 Å². The molecule has 0 amide bonds. The zero-order valence-electron chi connectivity index (χ0n) is 25.2. The Balaban J connectivity index is 1.41. The first kappa shape index (κ1) is 26.3. The fourth-order valence-corrected chi connectivity index (χ4v) is 7.05. The van der Waals surface area contributed by atoms with Crippen molar-refractivity contribution < 1.29 is 0 Å². The molecular weight excluding hydrogens is 532 g/mol. The van der Waals surface area contributed by atoms with Gasteiger partial charge in [-0.15, -0.1) is 0 Å². The molecule has 1 aliphatic carbocycles. The highest BCUT2D eigenvalue weighted by Gasteiger charge is 2.25. The highest BCUT2D eigenvalue weighted by molar-refractivity contribution is 6.17. The lowest BCUT2D eigenvalue weighted by Gasteiger charge is -2.32. The second-order valence-corrected chi connectivity index (χ2v) is 11.9. The van der Waals surface area contributed by atoms with Crippen LogP contribution in [-0.4, -0.2) is 0 Å². The molecule has 2 heteroatoms. The summed E-state index contributed by atoms with van der Waals surface area (Å²) in [5.41, 5.74) is 12.5. The summed E-state index contributed by atoms with van der Waals surface area (Å²) in [6, 6.07) is 53.2. The molecule has 0 unspecified atom stereocenters. The number of hydrogen-bond acceptors (Lipinski definition) is 2. The van der Waals surface area contributed by atoms with E-state index in [0.29, 0.717) is 0 Å². The molecule has 0 aromatic heterocycles. The van der Waals surface area contributed by atoms with Gasteiger partial charge in [-0.2, -0.15) is 0 Å². The molecule has 0 heterocycles. The zero-order valence-corrected chi connectivity index (χ0v) is 25.2. The summed E-state index contributed by atoms with van der Waals surface area (Å²) >= 11 is 0. The first-order valence-corrected chi connectivity index (χ1v) is 15.5. The van der Waals surface area contributed by atoms with E-state index >= 15 is 0 Å². The Labute approximate surface area is 259 Å². The van der Waals surface area contributed by atoms with E-state index in [0.717, 1.165) is 18.5 Å². The van der Waals surface area contributed by atoms with E-state index in [9.17, 15) is 0 Å². The third kappa shape index (κ3) is 4.42. The summed E-state index contributed by atoms with van der Waals surface area (Å²) in [6.07, 6.45) is 2.03. The van der Waals surface area contributed by atoms with E-state index in [2.05, 4.69) is 169 Å². The summed E-state index contributed by atoms with van der Waals surface area (Å²) < 4.78 is 0. The molecule has 0 saturated heterocycles. The van der Waals surface area contributed by atoms with Gasteiger partial charge in [-0.05, 0) is 126 Å². The third-order valence-corrected chi connectivity index (χ3v) is 8.98. The molecule has 0 aliphatic heterocycles. The van der Waals surface area contributed by atoms with Gasteiger partial charge in [0.2, 0.25) is 0 Å². The minimum absolute atomic E-state index is 1.01. The Kier molecular flexibility index (Phi) is 6.42. The topological polar surface area (TPSA) is 6.48 Å². The van der Waals surface area contributed by atoms with Crippen LogP contribution in [0.15, 0.2) is 146 Å². The van der Waals surface area contributed by atoms with Crippen molar-refractivity contribution in [2.45, 2.75) is 26.7 Å². The van der Waals surface area contributed by atoms with Gasteiger partial charge in [0.1, 0.15) is 0 Å². The first-order chi connectivity index (χ1) is 21.7. The maximum atomic E-state index is 2.44. The van der Waals surface area contributed by atoms with Crippen molar-refractivity contribution in [3.63, 3.8) is 0 Å². The molecule has 8 rings (SSSR count). The lowest BCUT2D eigenvalue weighted by molar-refractivity contribution is 0.963. The van der Waals surface area contributed by atoms with Crippen LogP contribution in [0.1, 0.15) is 22.3 Å². The van der Waals surface area contributed by atoms with Gasteiger partial charge in [-0.3, -0.25) is 0 Å². The van der Waals surface area contributed by atoms with Crippen molar-refractivity contribution in [1.29, 1.82) is 0 Å². The third-order valence-electron chi connectivity index (χ3n) is 8.98. The molecule has 0 spiro atoms. The van der Waals surface area contributed by atoms with Gasteiger partial charge in [-0.1, -0.05) is 84.9 Å². The molecule has 0 N–H and O–H groups in total. The van der Waals surface area contributed by atoms with Crippen LogP contribution in [0.25, 0.3) is 21.5 Å². The average molecular weight is 567 g/mol. The van der Waals surface area contributed by atoms with Crippen LogP contribution in [0.2, 0.25) is 0 Å². The molecule has 212 valence electrons. The quantitative estimate of drug-likeness (QED) is 0.185. The van der Waals surface area contributed by atoms with Gasteiger partial charge in [0, 0.05) is 33.8 Å². The van der Waals surface area contributed by atoms with Gasteiger partial charge in [0.05, 0.1) is 5.69 Å². The lowest BCUT2D eigenvalue weighted by atomic mass is 9.84. The smallest absolute Gasteiger partial charge is 0.0540 e. The van der Waals surface area contributed by atoms with Crippen molar-refractivity contribution in [3.8, 4) is 0 Å². The van der Waals surface area contributed by atoms with Crippen molar-refractivity contribution in [1.82, 2.24) is 0 Å². The molecule has 44 heavy (non-hydrogen) atoms. The van der Waals surface area contributed by atoms with Crippen LogP contribution in [0, 0.1) is 13.8 Å². The normalized spacial score (nSPS) is 12.1. The fraction of sp³-hybridized carbons (Fsp3) is 0.0952. The minimum atomic E-state index is 1.01. The first-order valence-electron chi connectivity index (χ1n) is 15.5. The van der Waals surface area contributed by atoms with E-state index in [1.165, 1.54) is 72.2 Å². The lowest BCUT2D eigenvalue weighted by Crippen LogP contribution is -2.15. The molecular formula is C42H34N2. The Bertz CT molecular complexity index is 2150. The van der Waals surface area contributed by atoms with Crippen molar-refractivity contribution in [3.05, 3.63) is 168 Å². The van der Waals surface area contributed by atoms with Crippen LogP contribution < -0.4 is 9.80 Å². The number of anilines is 6. The van der Waals surface area contributed by atoms with Gasteiger partial charge < -0.3 is 9.80 Å². The van der Waals surface area contributed by atoms with Gasteiger partial charge in [0.15, 0.2) is 0 Å². The van der Waals surface area contributed by atoms with Crippen LogP contribution in [0.4, 0.5) is 34.1 Å². The molecule has 0 atom stereocenters. The molecule has 0 fully saturated rings. The Morgan fingerprint density at radius 3 is 1.59 bits per heavy atom. The number of hydrogen-bond donors (Lipinski definition) is 0. The highest BCUT2D eigenvalue weighted by Crippen LogP contribution is 2.48. The number of aryl methyl sites for hydroxylation is 4. The predicted molar refractivity (Wildman–Crippen MR) is 188 cm³/mol. The summed E-state index contributed by atoms with van der Waals surface area (Å²) in [4.78, 5) is 4.86. The molecule has 0 bridgehead atoms. The predicted octanol–water partition coefficient (Wildman–Crippen LogP) is 11.6. The summed E-state index contributed by atoms with van der Waals surface area (Å²) in [5, 5.41) is 5.36. The summed E-state index contributed by atoms with van der Waals surface area (Å²) in [6.45, 7) is 4.34. The Morgan fingerprint density at radius 2 is 0.977 bits per heavy atom. The van der Waals surface area contributed by atoms with Crippen LogP contribution >= 0.6 is 0 Å². The van der Waals surface area contributed by atoms with Gasteiger partial charge >= 0.3 is 0 Å². The maximum Gasteiger partial charge on any atom is 0.0540 e. The molecule has 0 saturated carbocycles. The molecule has 7 aromatic rings. The second-order valence-electron chi connectivity index (χ2n) is 11.9. The summed E-state index contributed by atoms with van der Waals surface area (Å²) in [5.74, 6) is 0. The van der Waals surface area contributed by atoms with E-state index < -0.39 is 0 Å². The zero-order chi connectivity index (χ0) is 29.6. The second kappa shape index (κ2) is 10.7. The maximum absolute atomic E-state index is 2.44. The monoisotopic (exact) mass is 566 g/mol. The van der Waals surface area contributed by atoms with E-state index in [-0.39, 0.29) is 0 Å². The van der Waals surface area contributed by atoms with E-state index in [4.69, 9.17) is 0 Å². The fourth-order valence-electron chi connectivity index (χ4n) is 7.05. The van der Waals surface area contributed by atoms with Crippen molar-refractivity contribution in [2.24, 2.45) is 0 Å². The van der Waals surface area contributed by atoms with Crippen LogP contribution in [0.3, 0.4) is 0 Å². The van der Waals surface area contributed by atoms with Gasteiger partial charge in [-0.25, -0.2) is 0 Å². The van der Waals surface area contributed by atoms with Gasteiger partial charge in [0.25, 0.3) is 0 Å². The Hall–Kier alpha value is -5.34. The molecule has 1 aliphatic rings. The van der Waals surface area contributed by atoms with E-state index in [1.807, 2.05) is 0 Å². The minimum Gasteiger partial charge on any atom is -0.310 e. The van der Waals surface area contributed by atoms with Crippen molar-refractivity contribution in [2.75, 3.05) is 9.80 Å². The Morgan fingerprint density at radius 1 is 0.432 bits per heavy atom. The number of nitrogens with zero attached hydrogens (tertiary/aromatic N) is 2. The standard InChI is InChI=1S/C42H34N2/c1-29-11-9-17-35(27-29)43(33-13-5-3-6-14-33)39-25-21-31-20-24-38-40(26-22-32-19-23-37(39)41(31)42(32)38)44(34-15-7-4-8-16-34)36-18-10-12-30(2)28-36/h3-19,21-23,25-28H,20,24H2,1-2H3. The molecule has 0 radical (unpaired) electrons. The number of para-hydroxylation sites is 2. The number of rotatable bonds is 6. The van der Waals surface area contributed by atoms with Crippen molar-refractivity contribution >= 4 is 55.7 Å². The molecule has 2 nitrogen and oxygen atoms in total. The molecule has 7 aromatic carbocycles. The number of benzene rings is 7. The van der Waals surface area contributed by atoms with E-state index in [1.54, 1.807) is 0 Å². The SMILES string of the molecule is Cc1cccc(N(c2ccccc2)c2ccc3ccc4c(N(c5ccccc5)c5cccc(C)c5)ccc5c4c3c2CC5)c1. The van der Waals surface area contributed by atoms with Crippen LogP contribution in [0.5, 0.6) is 0 Å².